The number of aliphatic hydroxyl groups is 1. The van der Waals surface area contributed by atoms with Gasteiger partial charge in [0, 0.05) is 32.5 Å². The molecule has 34 heavy (non-hydrogen) atoms. The van der Waals surface area contributed by atoms with E-state index >= 15 is 0 Å². The zero-order valence-electron chi connectivity index (χ0n) is 18.6. The van der Waals surface area contributed by atoms with Crippen molar-refractivity contribution in [1.29, 1.82) is 0 Å². The third-order valence-electron chi connectivity index (χ3n) is 7.17. The topological polar surface area (TPSA) is 172 Å². The number of fused-ring (bicyclic) bond motifs is 3. The molecule has 0 heterocycles. The van der Waals surface area contributed by atoms with Crippen LogP contribution in [0.25, 0.3) is 6.08 Å². The van der Waals surface area contributed by atoms with Gasteiger partial charge < -0.3 is 20.8 Å². The van der Waals surface area contributed by atoms with E-state index in [9.17, 15) is 39.0 Å². The number of benzene rings is 1. The van der Waals surface area contributed by atoms with Crippen molar-refractivity contribution in [3.8, 4) is 5.75 Å². The van der Waals surface area contributed by atoms with Crippen molar-refractivity contribution in [2.45, 2.75) is 24.9 Å². The average molecular weight is 468 g/mol. The van der Waals surface area contributed by atoms with Gasteiger partial charge in [0.1, 0.15) is 5.75 Å². The molecule has 0 aromatic heterocycles. The SMILES string of the molecule is CN(C)C(=O)C=Cc1ccc(O)c2c1C[C@H]1C[C@H]3CC(=O)C(C(N)=O)C(=O)[C@@]3(O)C(=O)C1C2=O. The number of nitrogens with zero attached hydrogens (tertiary/aromatic N) is 1. The largest absolute Gasteiger partial charge is 0.507 e. The molecular weight excluding hydrogens is 444 g/mol. The van der Waals surface area contributed by atoms with Crippen LogP contribution in [0.15, 0.2) is 18.2 Å². The standard InChI is InChI=1S/C24H24N2O8/c1-26(2)16(29)6-4-10-3-5-14(27)18-13(10)8-11-7-12-9-15(28)19(23(25)33)22(32)24(12,34)21(31)17(11)20(18)30/h3-6,11-12,17,19,27,34H,7-9H2,1-2H3,(H2,25,33)/t11-,12+,17?,19?,24+/m1/s1. The second-order valence-corrected chi connectivity index (χ2v) is 9.33. The lowest BCUT2D eigenvalue weighted by Crippen LogP contribution is -2.68. The van der Waals surface area contributed by atoms with Crippen molar-refractivity contribution in [3.63, 3.8) is 0 Å². The second-order valence-electron chi connectivity index (χ2n) is 9.33. The molecule has 3 aliphatic rings. The Labute approximate surface area is 194 Å². The van der Waals surface area contributed by atoms with Crippen LogP contribution >= 0.6 is 0 Å². The molecule has 2 unspecified atom stereocenters. The number of aromatic hydroxyl groups is 1. The summed E-state index contributed by atoms with van der Waals surface area (Å²) < 4.78 is 0. The highest BCUT2D eigenvalue weighted by molar-refractivity contribution is 6.31. The molecule has 0 radical (unpaired) electrons. The van der Waals surface area contributed by atoms with Crippen LogP contribution in [0.3, 0.4) is 0 Å². The maximum absolute atomic E-state index is 13.4. The highest BCUT2D eigenvalue weighted by atomic mass is 16.3. The summed E-state index contributed by atoms with van der Waals surface area (Å²) in [7, 11) is 3.16. The van der Waals surface area contributed by atoms with E-state index in [1.165, 1.54) is 23.1 Å². The van der Waals surface area contributed by atoms with Gasteiger partial charge in [-0.25, -0.2) is 0 Å². The lowest BCUT2D eigenvalue weighted by molar-refractivity contribution is -0.175. The van der Waals surface area contributed by atoms with E-state index in [2.05, 4.69) is 0 Å². The van der Waals surface area contributed by atoms with Crippen LogP contribution in [0.5, 0.6) is 5.75 Å². The minimum atomic E-state index is -2.67. The fourth-order valence-electron chi connectivity index (χ4n) is 5.46. The quantitative estimate of drug-likeness (QED) is 0.391. The van der Waals surface area contributed by atoms with E-state index in [1.54, 1.807) is 20.2 Å². The summed E-state index contributed by atoms with van der Waals surface area (Å²) in [6.45, 7) is 0. The summed E-state index contributed by atoms with van der Waals surface area (Å²) in [5.41, 5.74) is 3.33. The molecule has 4 N–H and O–H groups in total. The summed E-state index contributed by atoms with van der Waals surface area (Å²) in [6, 6.07) is 2.82. The first-order valence-corrected chi connectivity index (χ1v) is 10.8. The number of Topliss-reactive ketones (excluding diaryl/α,β-unsaturated/α-hetero) is 4. The Morgan fingerprint density at radius 2 is 1.79 bits per heavy atom. The molecule has 10 nitrogen and oxygen atoms in total. The number of hydrogen-bond donors (Lipinski definition) is 3. The molecule has 178 valence electrons. The highest BCUT2D eigenvalue weighted by Gasteiger charge is 2.66. The number of carbonyl (C=O) groups is 6. The smallest absolute Gasteiger partial charge is 0.246 e. The first-order valence-electron chi connectivity index (χ1n) is 10.8. The molecule has 3 aliphatic carbocycles. The van der Waals surface area contributed by atoms with Gasteiger partial charge in [0.25, 0.3) is 0 Å². The lowest BCUT2D eigenvalue weighted by Gasteiger charge is -2.48. The van der Waals surface area contributed by atoms with E-state index in [0.717, 1.165) is 0 Å². The molecule has 0 saturated heterocycles. The van der Waals surface area contributed by atoms with E-state index < -0.39 is 64.7 Å². The lowest BCUT2D eigenvalue weighted by atomic mass is 9.53. The Kier molecular flexibility index (Phi) is 5.52. The Balaban J connectivity index is 1.77. The number of primary amides is 1. The van der Waals surface area contributed by atoms with Gasteiger partial charge in [-0.2, -0.15) is 0 Å². The Morgan fingerprint density at radius 3 is 2.41 bits per heavy atom. The van der Waals surface area contributed by atoms with Crippen LogP contribution in [0.4, 0.5) is 0 Å². The third kappa shape index (κ3) is 3.28. The molecular formula is C24H24N2O8. The van der Waals surface area contributed by atoms with Gasteiger partial charge in [-0.15, -0.1) is 0 Å². The normalized spacial score (nSPS) is 30.6. The van der Waals surface area contributed by atoms with Crippen LogP contribution in [-0.4, -0.2) is 69.8 Å². The number of rotatable bonds is 3. The minimum absolute atomic E-state index is 0.0104. The van der Waals surface area contributed by atoms with E-state index in [-0.39, 0.29) is 30.1 Å². The molecule has 4 rings (SSSR count). The summed E-state index contributed by atoms with van der Waals surface area (Å²) in [6.07, 6.45) is 2.60. The number of carbonyl (C=O) groups excluding carboxylic acids is 6. The molecule has 1 aromatic carbocycles. The Morgan fingerprint density at radius 1 is 1.12 bits per heavy atom. The average Bonchev–Trinajstić information content (AvgIpc) is 2.75. The van der Waals surface area contributed by atoms with Crippen molar-refractivity contribution >= 4 is 41.0 Å². The van der Waals surface area contributed by atoms with Gasteiger partial charge in [0.2, 0.25) is 11.8 Å². The summed E-state index contributed by atoms with van der Waals surface area (Å²) in [5.74, 6) is -10.9. The second kappa shape index (κ2) is 7.98. The first-order chi connectivity index (χ1) is 15.9. The van der Waals surface area contributed by atoms with E-state index in [0.29, 0.717) is 11.1 Å². The summed E-state index contributed by atoms with van der Waals surface area (Å²) >= 11 is 0. The van der Waals surface area contributed by atoms with Gasteiger partial charge in [0.15, 0.2) is 34.7 Å². The summed E-state index contributed by atoms with van der Waals surface area (Å²) in [4.78, 5) is 77.1. The number of ketones is 4. The van der Waals surface area contributed by atoms with Gasteiger partial charge >= 0.3 is 0 Å². The number of phenols is 1. The predicted molar refractivity (Wildman–Crippen MR) is 116 cm³/mol. The number of hydrogen-bond acceptors (Lipinski definition) is 8. The van der Waals surface area contributed by atoms with Gasteiger partial charge in [0.05, 0.1) is 11.5 Å². The highest BCUT2D eigenvalue weighted by Crippen LogP contribution is 2.50. The van der Waals surface area contributed by atoms with E-state index in [1.807, 2.05) is 0 Å². The Hall–Kier alpha value is -3.66. The van der Waals surface area contributed by atoms with Crippen molar-refractivity contribution in [2.24, 2.45) is 29.4 Å². The monoisotopic (exact) mass is 468 g/mol. The van der Waals surface area contributed by atoms with Crippen LogP contribution in [0.2, 0.25) is 0 Å². The van der Waals surface area contributed by atoms with Crippen molar-refractivity contribution in [1.82, 2.24) is 4.90 Å². The number of nitrogens with two attached hydrogens (primary N) is 1. The van der Waals surface area contributed by atoms with Crippen LogP contribution in [-0.2, 0) is 30.4 Å². The molecule has 2 amide bonds. The maximum atomic E-state index is 13.4. The van der Waals surface area contributed by atoms with Crippen LogP contribution < -0.4 is 5.73 Å². The van der Waals surface area contributed by atoms with Gasteiger partial charge in [-0.05, 0) is 42.0 Å². The zero-order valence-corrected chi connectivity index (χ0v) is 18.6. The summed E-state index contributed by atoms with van der Waals surface area (Å²) in [5, 5.41) is 21.6. The first kappa shape index (κ1) is 23.5. The molecule has 1 aromatic rings. The fourth-order valence-corrected chi connectivity index (χ4v) is 5.46. The van der Waals surface area contributed by atoms with Gasteiger partial charge in [-0.3, -0.25) is 28.8 Å². The number of phenolic OH excluding ortho intramolecular Hbond substituents is 1. The van der Waals surface area contributed by atoms with Crippen molar-refractivity contribution < 1.29 is 39.0 Å². The van der Waals surface area contributed by atoms with Gasteiger partial charge in [-0.1, -0.05) is 6.07 Å². The molecule has 0 spiro atoms. The van der Waals surface area contributed by atoms with Crippen molar-refractivity contribution in [3.05, 3.63) is 34.9 Å². The molecule has 0 aliphatic heterocycles. The minimum Gasteiger partial charge on any atom is -0.507 e. The Bertz CT molecular complexity index is 1200. The van der Waals surface area contributed by atoms with Crippen molar-refractivity contribution in [2.75, 3.05) is 14.1 Å². The number of amides is 2. The molecule has 10 heteroatoms. The molecule has 0 bridgehead atoms. The zero-order chi connectivity index (χ0) is 25.1. The molecule has 5 atom stereocenters. The van der Waals surface area contributed by atoms with E-state index in [4.69, 9.17) is 5.73 Å². The third-order valence-corrected chi connectivity index (χ3v) is 7.17. The molecule has 2 fully saturated rings. The maximum Gasteiger partial charge on any atom is 0.246 e. The van der Waals surface area contributed by atoms with Crippen LogP contribution in [0, 0.1) is 23.7 Å². The number of likely N-dealkylation sites (N-methyl/N-ethyl adjacent to an activating group) is 1. The molecule has 2 saturated carbocycles. The van der Waals surface area contributed by atoms with Crippen LogP contribution in [0.1, 0.15) is 34.3 Å². The predicted octanol–water partition coefficient (Wildman–Crippen LogP) is -0.572. The fraction of sp³-hybridized carbons (Fsp3) is 0.417.